The van der Waals surface area contributed by atoms with Crippen LogP contribution in [0.15, 0.2) is 61.2 Å². The normalized spacial score (nSPS) is 11.2. The van der Waals surface area contributed by atoms with Crippen molar-refractivity contribution in [2.24, 2.45) is 0 Å². The first-order valence-electron chi connectivity index (χ1n) is 8.90. The summed E-state index contributed by atoms with van der Waals surface area (Å²) in [6.45, 7) is 0. The number of nitrogens with zero attached hydrogens (tertiary/aromatic N) is 2. The van der Waals surface area contributed by atoms with E-state index in [2.05, 4.69) is 19.9 Å². The van der Waals surface area contributed by atoms with Gasteiger partial charge in [0.1, 0.15) is 11.5 Å². The van der Waals surface area contributed by atoms with Crippen LogP contribution in [-0.2, 0) is 0 Å². The van der Waals surface area contributed by atoms with Gasteiger partial charge in [-0.05, 0) is 36.4 Å². The summed E-state index contributed by atoms with van der Waals surface area (Å²) >= 11 is 0. The maximum Gasteiger partial charge on any atom is 0.161 e. The van der Waals surface area contributed by atoms with Gasteiger partial charge in [0.25, 0.3) is 0 Å². The summed E-state index contributed by atoms with van der Waals surface area (Å²) in [7, 11) is 3.33. The van der Waals surface area contributed by atoms with Gasteiger partial charge < -0.3 is 19.4 Å². The Bertz CT molecular complexity index is 1180. The fourth-order valence-corrected chi connectivity index (χ4v) is 3.48. The van der Waals surface area contributed by atoms with Crippen molar-refractivity contribution in [1.29, 1.82) is 0 Å². The van der Waals surface area contributed by atoms with E-state index in [9.17, 15) is 0 Å². The Kier molecular flexibility index (Phi) is 3.76. The van der Waals surface area contributed by atoms with Gasteiger partial charge in [0.15, 0.2) is 5.82 Å². The molecule has 0 spiro atoms. The lowest BCUT2D eigenvalue weighted by atomic mass is 10.1. The number of hydrogen-bond donors (Lipinski definition) is 2. The Balaban J connectivity index is 1.57. The fraction of sp³-hybridized carbons (Fsp3) is 0.0909. The lowest BCUT2D eigenvalue weighted by molar-refractivity contribution is 0.415. The molecule has 0 aliphatic rings. The van der Waals surface area contributed by atoms with Gasteiger partial charge in [-0.2, -0.15) is 0 Å². The number of rotatable bonds is 4. The number of ether oxygens (including phenoxy) is 2. The Morgan fingerprint density at radius 2 is 1.25 bits per heavy atom. The minimum atomic E-state index is 0.667. The van der Waals surface area contributed by atoms with E-state index in [-0.39, 0.29) is 0 Å². The zero-order valence-electron chi connectivity index (χ0n) is 15.5. The van der Waals surface area contributed by atoms with Crippen LogP contribution in [0.5, 0.6) is 11.5 Å². The second-order valence-electron chi connectivity index (χ2n) is 6.52. The maximum absolute atomic E-state index is 5.35. The van der Waals surface area contributed by atoms with Crippen LogP contribution in [0, 0.1) is 0 Å². The molecule has 0 amide bonds. The second-order valence-corrected chi connectivity index (χ2v) is 6.52. The number of fused-ring (bicyclic) bond motifs is 2. The van der Waals surface area contributed by atoms with Gasteiger partial charge in [0.05, 0.1) is 14.2 Å². The first-order chi connectivity index (χ1) is 13.8. The molecule has 0 aliphatic carbocycles. The van der Waals surface area contributed by atoms with Gasteiger partial charge >= 0.3 is 0 Å². The quantitative estimate of drug-likeness (QED) is 0.477. The minimum Gasteiger partial charge on any atom is -0.497 e. The van der Waals surface area contributed by atoms with Crippen molar-refractivity contribution in [2.75, 3.05) is 14.2 Å². The molecule has 0 bridgehead atoms. The van der Waals surface area contributed by atoms with Crippen molar-refractivity contribution in [3.63, 3.8) is 0 Å². The summed E-state index contributed by atoms with van der Waals surface area (Å²) in [5.41, 5.74) is 5.00. The molecule has 0 unspecified atom stereocenters. The number of H-pyrrole nitrogens is 2. The first kappa shape index (κ1) is 16.4. The van der Waals surface area contributed by atoms with E-state index in [1.165, 1.54) is 0 Å². The van der Waals surface area contributed by atoms with Gasteiger partial charge in [0, 0.05) is 63.3 Å². The van der Waals surface area contributed by atoms with Crippen molar-refractivity contribution < 1.29 is 9.47 Å². The fourth-order valence-electron chi connectivity index (χ4n) is 3.48. The summed E-state index contributed by atoms with van der Waals surface area (Å²) in [6.07, 6.45) is 7.60. The molecule has 5 aromatic rings. The summed E-state index contributed by atoms with van der Waals surface area (Å²) in [4.78, 5) is 15.8. The molecular weight excluding hydrogens is 352 g/mol. The maximum atomic E-state index is 5.35. The van der Waals surface area contributed by atoms with Crippen molar-refractivity contribution in [3.05, 3.63) is 61.2 Å². The number of nitrogens with one attached hydrogen (secondary N) is 2. The van der Waals surface area contributed by atoms with Crippen molar-refractivity contribution in [3.8, 4) is 34.0 Å². The first-order valence-corrected chi connectivity index (χ1v) is 8.90. The highest BCUT2D eigenvalue weighted by Crippen LogP contribution is 2.32. The molecule has 0 saturated carbocycles. The second kappa shape index (κ2) is 6.42. The predicted octanol–water partition coefficient (Wildman–Crippen LogP) is 4.79. The predicted molar refractivity (Wildman–Crippen MR) is 110 cm³/mol. The van der Waals surface area contributed by atoms with E-state index < -0.39 is 0 Å². The molecule has 0 fully saturated rings. The van der Waals surface area contributed by atoms with E-state index in [0.29, 0.717) is 5.82 Å². The Hall–Kier alpha value is -3.80. The van der Waals surface area contributed by atoms with Crippen LogP contribution in [0.1, 0.15) is 0 Å². The highest BCUT2D eigenvalue weighted by atomic mass is 16.5. The van der Waals surface area contributed by atoms with Crippen LogP contribution in [0.4, 0.5) is 0 Å². The van der Waals surface area contributed by atoms with Gasteiger partial charge in [0.2, 0.25) is 0 Å². The van der Waals surface area contributed by atoms with Crippen LogP contribution < -0.4 is 9.47 Å². The number of hydrogen-bond acceptors (Lipinski definition) is 4. The third-order valence-electron chi connectivity index (χ3n) is 4.98. The van der Waals surface area contributed by atoms with Crippen LogP contribution in [-0.4, -0.2) is 34.2 Å². The molecule has 0 aliphatic heterocycles. The van der Waals surface area contributed by atoms with Crippen molar-refractivity contribution in [2.45, 2.75) is 0 Å². The average molecular weight is 370 g/mol. The Morgan fingerprint density at radius 3 is 1.82 bits per heavy atom. The van der Waals surface area contributed by atoms with Gasteiger partial charge in [-0.3, -0.25) is 0 Å². The summed E-state index contributed by atoms with van der Waals surface area (Å²) < 4.78 is 10.7. The number of methoxy groups -OCH3 is 2. The molecule has 6 nitrogen and oxygen atoms in total. The highest BCUT2D eigenvalue weighted by molar-refractivity contribution is 5.97. The van der Waals surface area contributed by atoms with E-state index in [1.807, 2.05) is 61.2 Å². The van der Waals surface area contributed by atoms with Crippen molar-refractivity contribution >= 4 is 21.8 Å². The van der Waals surface area contributed by atoms with E-state index in [1.54, 1.807) is 14.2 Å². The molecule has 2 N–H and O–H groups in total. The molecule has 0 saturated heterocycles. The molecule has 2 aromatic carbocycles. The summed E-state index contributed by atoms with van der Waals surface area (Å²) in [5.74, 6) is 2.29. The Morgan fingerprint density at radius 1 is 0.714 bits per heavy atom. The molecule has 0 radical (unpaired) electrons. The zero-order valence-corrected chi connectivity index (χ0v) is 15.5. The SMILES string of the molecule is COc1ccc2[nH]cc(-c3cnc(-c4c[nH]c5ccc(OC)cc45)nc3)c2c1. The average Bonchev–Trinajstić information content (AvgIpc) is 3.37. The molecule has 0 atom stereocenters. The van der Waals surface area contributed by atoms with Crippen molar-refractivity contribution in [1.82, 2.24) is 19.9 Å². The van der Waals surface area contributed by atoms with Crippen LogP contribution in [0.3, 0.4) is 0 Å². The molecule has 3 aromatic heterocycles. The monoisotopic (exact) mass is 370 g/mol. The highest BCUT2D eigenvalue weighted by Gasteiger charge is 2.12. The van der Waals surface area contributed by atoms with E-state index >= 15 is 0 Å². The minimum absolute atomic E-state index is 0.667. The lowest BCUT2D eigenvalue weighted by Crippen LogP contribution is -1.89. The third kappa shape index (κ3) is 2.58. The zero-order chi connectivity index (χ0) is 19.1. The largest absolute Gasteiger partial charge is 0.497 e. The standard InChI is InChI=1S/C22H18N4O2/c1-27-14-3-5-20-16(7-14)18(11-23-20)13-9-25-22(26-10-13)19-12-24-21-6-4-15(28-2)8-17(19)21/h3-12,23-24H,1-2H3. The molecule has 28 heavy (non-hydrogen) atoms. The smallest absolute Gasteiger partial charge is 0.161 e. The Labute approximate surface area is 161 Å². The van der Waals surface area contributed by atoms with E-state index in [0.717, 1.165) is 50.0 Å². The van der Waals surface area contributed by atoms with Gasteiger partial charge in [-0.25, -0.2) is 9.97 Å². The summed E-state index contributed by atoms with van der Waals surface area (Å²) in [6, 6.07) is 11.9. The third-order valence-corrected chi connectivity index (χ3v) is 4.98. The van der Waals surface area contributed by atoms with Crippen LogP contribution >= 0.6 is 0 Å². The lowest BCUT2D eigenvalue weighted by Gasteiger charge is -2.04. The van der Waals surface area contributed by atoms with Crippen LogP contribution in [0.2, 0.25) is 0 Å². The molecule has 3 heterocycles. The van der Waals surface area contributed by atoms with E-state index in [4.69, 9.17) is 9.47 Å². The van der Waals surface area contributed by atoms with Gasteiger partial charge in [-0.1, -0.05) is 0 Å². The van der Waals surface area contributed by atoms with Crippen LogP contribution in [0.25, 0.3) is 44.3 Å². The molecule has 6 heteroatoms. The number of benzene rings is 2. The molecule has 5 rings (SSSR count). The summed E-state index contributed by atoms with van der Waals surface area (Å²) in [5, 5.41) is 2.11. The topological polar surface area (TPSA) is 75.8 Å². The number of aromatic amines is 2. The molecule has 138 valence electrons. The van der Waals surface area contributed by atoms with Gasteiger partial charge in [-0.15, -0.1) is 0 Å². The number of aromatic nitrogens is 4. The molecular formula is C22H18N4O2.